The van der Waals surface area contributed by atoms with Gasteiger partial charge in [0.15, 0.2) is 15.0 Å². The van der Waals surface area contributed by atoms with Crippen molar-refractivity contribution in [2.45, 2.75) is 37.8 Å². The van der Waals surface area contributed by atoms with E-state index in [1.165, 1.54) is 34.4 Å². The zero-order valence-electron chi connectivity index (χ0n) is 24.4. The van der Waals surface area contributed by atoms with E-state index in [2.05, 4.69) is 20.6 Å². The van der Waals surface area contributed by atoms with Gasteiger partial charge in [-0.1, -0.05) is 24.3 Å². The third kappa shape index (κ3) is 7.47. The highest BCUT2D eigenvalue weighted by Gasteiger charge is 2.31. The molecule has 4 aromatic rings. The molecule has 3 heterocycles. The molecule has 5 rings (SSSR count). The topological polar surface area (TPSA) is 148 Å². The number of carbonyl (C=O) groups excluding carboxylic acids is 3. The van der Waals surface area contributed by atoms with Gasteiger partial charge in [0.05, 0.1) is 29.4 Å². The van der Waals surface area contributed by atoms with Crippen LogP contribution in [0.15, 0.2) is 77.3 Å². The van der Waals surface area contributed by atoms with E-state index in [0.29, 0.717) is 16.4 Å². The average Bonchev–Trinajstić information content (AvgIpc) is 3.40. The van der Waals surface area contributed by atoms with Gasteiger partial charge in [-0.3, -0.25) is 14.6 Å². The van der Waals surface area contributed by atoms with E-state index in [-0.39, 0.29) is 35.8 Å². The molecule has 11 nitrogen and oxygen atoms in total. The van der Waals surface area contributed by atoms with Gasteiger partial charge in [-0.2, -0.15) is 0 Å². The average molecular weight is 634 g/mol. The number of hydrogen-bond donors (Lipinski definition) is 2. The Morgan fingerprint density at radius 3 is 2.50 bits per heavy atom. The summed E-state index contributed by atoms with van der Waals surface area (Å²) in [5, 5.41) is 7.42. The molecule has 0 saturated carbocycles. The van der Waals surface area contributed by atoms with Gasteiger partial charge in [-0.05, 0) is 67.8 Å². The van der Waals surface area contributed by atoms with Crippen molar-refractivity contribution in [2.75, 3.05) is 24.2 Å². The van der Waals surface area contributed by atoms with Gasteiger partial charge in [0.2, 0.25) is 5.91 Å². The normalized spacial score (nSPS) is 14.2. The van der Waals surface area contributed by atoms with Crippen LogP contribution < -0.4 is 10.6 Å². The molecule has 0 saturated heterocycles. The van der Waals surface area contributed by atoms with Crippen LogP contribution in [0.1, 0.15) is 36.7 Å². The van der Waals surface area contributed by atoms with E-state index in [1.54, 1.807) is 33.2 Å². The number of nitrogens with zero attached hydrogens (tertiary/aromatic N) is 3. The fourth-order valence-corrected chi connectivity index (χ4v) is 6.77. The number of benzene rings is 2. The Morgan fingerprint density at radius 1 is 1.00 bits per heavy atom. The van der Waals surface area contributed by atoms with E-state index >= 15 is 0 Å². The highest BCUT2D eigenvalue weighted by molar-refractivity contribution is 7.91. The third-order valence-electron chi connectivity index (χ3n) is 6.64. The molecule has 0 fully saturated rings. The number of carbonyl (C=O) groups is 3. The summed E-state index contributed by atoms with van der Waals surface area (Å²) in [5.74, 6) is -1.41. The van der Waals surface area contributed by atoms with E-state index in [1.807, 2.05) is 41.8 Å². The van der Waals surface area contributed by atoms with Crippen molar-refractivity contribution in [1.82, 2.24) is 20.2 Å². The molecular formula is C31H31N5O6S2. The number of rotatable bonds is 6. The number of thiazole rings is 1. The molecule has 1 aliphatic rings. The number of fused-ring (bicyclic) bond motifs is 1. The Labute approximate surface area is 259 Å². The smallest absolute Gasteiger partial charge is 0.410 e. The van der Waals surface area contributed by atoms with Crippen molar-refractivity contribution in [3.05, 3.63) is 83.5 Å². The second-order valence-corrected chi connectivity index (χ2v) is 14.1. The molecule has 2 aromatic carbocycles. The van der Waals surface area contributed by atoms with Crippen molar-refractivity contribution in [3.8, 4) is 22.4 Å². The number of hydrogen-bond acceptors (Lipinski definition) is 9. The minimum atomic E-state index is -3.77. The molecule has 0 bridgehead atoms. The van der Waals surface area contributed by atoms with Gasteiger partial charge in [0, 0.05) is 35.4 Å². The number of nitrogens with one attached hydrogen (secondary N) is 2. The molecule has 0 aliphatic carbocycles. The maximum absolute atomic E-state index is 13.0. The molecule has 228 valence electrons. The molecule has 0 spiro atoms. The maximum Gasteiger partial charge on any atom is 0.410 e. The second-order valence-electron chi connectivity index (χ2n) is 11.1. The minimum Gasteiger partial charge on any atom is -0.444 e. The van der Waals surface area contributed by atoms with Crippen molar-refractivity contribution >= 4 is 44.2 Å². The van der Waals surface area contributed by atoms with E-state index < -0.39 is 33.3 Å². The second kappa shape index (κ2) is 12.5. The first kappa shape index (κ1) is 30.8. The van der Waals surface area contributed by atoms with Crippen LogP contribution in [0.2, 0.25) is 0 Å². The first-order valence-electron chi connectivity index (χ1n) is 13.8. The fourth-order valence-electron chi connectivity index (χ4n) is 4.52. The van der Waals surface area contributed by atoms with Gasteiger partial charge in [0.1, 0.15) is 5.60 Å². The zero-order chi connectivity index (χ0) is 31.5. The SMILES string of the molecule is CC(C)(C)OC(=O)N1CCS(=O)(=O)c2cc(C(=O)NCC(=O)Nc3nc(-c4cccc(-c5ccncc5)c4)cs3)ccc2C1. The Hall–Kier alpha value is -4.62. The monoisotopic (exact) mass is 633 g/mol. The lowest BCUT2D eigenvalue weighted by Crippen LogP contribution is -2.37. The number of amides is 3. The summed E-state index contributed by atoms with van der Waals surface area (Å²) in [5.41, 5.74) is 3.35. The summed E-state index contributed by atoms with van der Waals surface area (Å²) < 4.78 is 31.4. The summed E-state index contributed by atoms with van der Waals surface area (Å²) >= 11 is 1.26. The van der Waals surface area contributed by atoms with Crippen LogP contribution in [0.4, 0.5) is 9.93 Å². The molecular weight excluding hydrogens is 603 g/mol. The molecule has 44 heavy (non-hydrogen) atoms. The number of sulfone groups is 1. The van der Waals surface area contributed by atoms with Crippen LogP contribution in [0.3, 0.4) is 0 Å². The molecule has 1 aliphatic heterocycles. The molecule has 2 aromatic heterocycles. The summed E-state index contributed by atoms with van der Waals surface area (Å²) in [6.07, 6.45) is 2.85. The van der Waals surface area contributed by atoms with Crippen LogP contribution in [0, 0.1) is 0 Å². The predicted molar refractivity (Wildman–Crippen MR) is 167 cm³/mol. The molecule has 0 radical (unpaired) electrons. The van der Waals surface area contributed by atoms with Crippen LogP contribution in [-0.2, 0) is 25.9 Å². The van der Waals surface area contributed by atoms with Gasteiger partial charge in [0.25, 0.3) is 5.91 Å². The fraction of sp³-hybridized carbons (Fsp3) is 0.258. The van der Waals surface area contributed by atoms with Crippen molar-refractivity contribution in [3.63, 3.8) is 0 Å². The van der Waals surface area contributed by atoms with Crippen LogP contribution in [0.5, 0.6) is 0 Å². The largest absolute Gasteiger partial charge is 0.444 e. The third-order valence-corrected chi connectivity index (χ3v) is 9.17. The maximum atomic E-state index is 13.0. The number of ether oxygens (including phenoxy) is 1. The van der Waals surface area contributed by atoms with Crippen molar-refractivity contribution in [1.29, 1.82) is 0 Å². The van der Waals surface area contributed by atoms with Crippen LogP contribution in [0.25, 0.3) is 22.4 Å². The predicted octanol–water partition coefficient (Wildman–Crippen LogP) is 4.77. The highest BCUT2D eigenvalue weighted by Crippen LogP contribution is 2.29. The lowest BCUT2D eigenvalue weighted by molar-refractivity contribution is -0.115. The quantitative estimate of drug-likeness (QED) is 0.309. The number of anilines is 1. The van der Waals surface area contributed by atoms with Crippen molar-refractivity contribution < 1.29 is 27.5 Å². The van der Waals surface area contributed by atoms with E-state index in [0.717, 1.165) is 16.7 Å². The van der Waals surface area contributed by atoms with E-state index in [9.17, 15) is 22.8 Å². The molecule has 3 amide bonds. The summed E-state index contributed by atoms with van der Waals surface area (Å²) in [7, 11) is -3.77. The zero-order valence-corrected chi connectivity index (χ0v) is 26.0. The number of pyridine rings is 1. The molecule has 13 heteroatoms. The highest BCUT2D eigenvalue weighted by atomic mass is 32.2. The minimum absolute atomic E-state index is 0.0241. The standard InChI is InChI=1S/C31H31N5O6S2/c1-31(2,3)42-30(39)36-13-14-44(40,41)26-16-23(7-8-24(26)18-36)28(38)33-17-27(37)35-29-34-25(19-43-29)22-6-4-5-21(15-22)20-9-11-32-12-10-20/h4-12,15-16,19H,13-14,17-18H2,1-3H3,(H,33,38)(H,34,35,37). The summed E-state index contributed by atoms with van der Waals surface area (Å²) in [4.78, 5) is 47.9. The van der Waals surface area contributed by atoms with Gasteiger partial charge < -0.3 is 20.3 Å². The molecule has 0 unspecified atom stereocenters. The Balaban J connectivity index is 1.21. The molecule has 0 atom stereocenters. The van der Waals surface area contributed by atoms with Crippen molar-refractivity contribution in [2.24, 2.45) is 0 Å². The van der Waals surface area contributed by atoms with Gasteiger partial charge in [-0.25, -0.2) is 18.2 Å². The van der Waals surface area contributed by atoms with Crippen LogP contribution in [-0.4, -0.2) is 65.6 Å². The lowest BCUT2D eigenvalue weighted by atomic mass is 10.0. The van der Waals surface area contributed by atoms with Gasteiger partial charge >= 0.3 is 6.09 Å². The lowest BCUT2D eigenvalue weighted by Gasteiger charge is -2.26. The van der Waals surface area contributed by atoms with Crippen LogP contribution >= 0.6 is 11.3 Å². The summed E-state index contributed by atoms with van der Waals surface area (Å²) in [6.45, 7) is 4.84. The Bertz CT molecular complexity index is 1820. The first-order valence-corrected chi connectivity index (χ1v) is 16.3. The first-order chi connectivity index (χ1) is 20.9. The van der Waals surface area contributed by atoms with Gasteiger partial charge in [-0.15, -0.1) is 11.3 Å². The summed E-state index contributed by atoms with van der Waals surface area (Å²) in [6, 6.07) is 16.0. The molecule has 2 N–H and O–H groups in total. The number of aromatic nitrogens is 2. The van der Waals surface area contributed by atoms with E-state index in [4.69, 9.17) is 4.74 Å². The Kier molecular flexibility index (Phi) is 8.79. The Morgan fingerprint density at radius 2 is 1.75 bits per heavy atom.